The Balaban J connectivity index is 1.84. The topological polar surface area (TPSA) is 45.0 Å². The van der Waals surface area contributed by atoms with Gasteiger partial charge in [0.1, 0.15) is 11.8 Å². The van der Waals surface area contributed by atoms with Crippen LogP contribution in [0.15, 0.2) is 24.3 Å². The monoisotopic (exact) mass is 290 g/mol. The summed E-state index contributed by atoms with van der Waals surface area (Å²) in [4.78, 5) is 0. The summed E-state index contributed by atoms with van der Waals surface area (Å²) in [5.41, 5.74) is 1.13. The van der Waals surface area contributed by atoms with Crippen molar-refractivity contribution in [2.45, 2.75) is 44.0 Å². The van der Waals surface area contributed by atoms with Gasteiger partial charge in [-0.25, -0.2) is 0 Å². The van der Waals surface area contributed by atoms with Gasteiger partial charge in [-0.15, -0.1) is 0 Å². The Labute approximate surface area is 125 Å². The molecule has 2 unspecified atom stereocenters. The van der Waals surface area contributed by atoms with Crippen LogP contribution in [0.3, 0.4) is 0 Å². The number of nitrogens with one attached hydrogen (secondary N) is 1. The minimum Gasteiger partial charge on any atom is -0.478 e. The minimum absolute atomic E-state index is 0.107. The highest BCUT2D eigenvalue weighted by atomic mass is 32.2. The zero-order valence-corrected chi connectivity index (χ0v) is 12.8. The van der Waals surface area contributed by atoms with Gasteiger partial charge in [0.2, 0.25) is 0 Å². The largest absolute Gasteiger partial charge is 0.478 e. The smallest absolute Gasteiger partial charge is 0.174 e. The quantitative estimate of drug-likeness (QED) is 0.836. The molecule has 0 aromatic heterocycles. The lowest BCUT2D eigenvalue weighted by atomic mass is 10.1. The molecule has 1 N–H and O–H groups in total. The van der Waals surface area contributed by atoms with Crippen molar-refractivity contribution in [1.82, 2.24) is 5.32 Å². The maximum atomic E-state index is 8.61. The van der Waals surface area contributed by atoms with Crippen LogP contribution in [0.25, 0.3) is 0 Å². The summed E-state index contributed by atoms with van der Waals surface area (Å²) in [6.45, 7) is 3.15. The van der Waals surface area contributed by atoms with E-state index in [0.717, 1.165) is 23.1 Å². The SMILES string of the molecule is CCSC1CCC(NCc2ccccc2OCC#N)C1. The fraction of sp³-hybridized carbons (Fsp3) is 0.562. The molecule has 1 aliphatic rings. The molecule has 0 bridgehead atoms. The summed E-state index contributed by atoms with van der Waals surface area (Å²) in [5.74, 6) is 2.03. The molecule has 4 heteroatoms. The van der Waals surface area contributed by atoms with Crippen LogP contribution in [0.1, 0.15) is 31.7 Å². The second kappa shape index (κ2) is 8.18. The average molecular weight is 290 g/mol. The maximum Gasteiger partial charge on any atom is 0.174 e. The van der Waals surface area contributed by atoms with Crippen molar-refractivity contribution < 1.29 is 4.74 Å². The molecule has 0 spiro atoms. The number of nitrogens with zero attached hydrogens (tertiary/aromatic N) is 1. The Morgan fingerprint density at radius 2 is 2.25 bits per heavy atom. The van der Waals surface area contributed by atoms with Crippen LogP contribution >= 0.6 is 11.8 Å². The van der Waals surface area contributed by atoms with E-state index in [1.54, 1.807) is 0 Å². The fourth-order valence-corrected chi connectivity index (χ4v) is 3.81. The number of para-hydroxylation sites is 1. The number of ether oxygens (including phenoxy) is 1. The zero-order valence-electron chi connectivity index (χ0n) is 12.0. The van der Waals surface area contributed by atoms with Crippen molar-refractivity contribution in [3.05, 3.63) is 29.8 Å². The normalized spacial score (nSPS) is 21.6. The lowest BCUT2D eigenvalue weighted by molar-refractivity contribution is 0.361. The Bertz CT molecular complexity index is 458. The van der Waals surface area contributed by atoms with Crippen molar-refractivity contribution in [2.24, 2.45) is 0 Å². The van der Waals surface area contributed by atoms with Gasteiger partial charge in [-0.1, -0.05) is 25.1 Å². The third-order valence-electron chi connectivity index (χ3n) is 3.63. The highest BCUT2D eigenvalue weighted by Crippen LogP contribution is 2.30. The van der Waals surface area contributed by atoms with E-state index >= 15 is 0 Å². The molecule has 1 aliphatic carbocycles. The molecule has 2 rings (SSSR count). The molecule has 1 aromatic rings. The van der Waals surface area contributed by atoms with Crippen LogP contribution in [0.2, 0.25) is 0 Å². The first-order valence-corrected chi connectivity index (χ1v) is 8.31. The molecule has 1 aromatic carbocycles. The Morgan fingerprint density at radius 3 is 3.05 bits per heavy atom. The van der Waals surface area contributed by atoms with Crippen LogP contribution in [-0.2, 0) is 6.54 Å². The van der Waals surface area contributed by atoms with E-state index in [9.17, 15) is 0 Å². The van der Waals surface area contributed by atoms with Gasteiger partial charge in [-0.3, -0.25) is 0 Å². The zero-order chi connectivity index (χ0) is 14.2. The summed E-state index contributed by atoms with van der Waals surface area (Å²) in [6, 6.07) is 10.6. The van der Waals surface area contributed by atoms with E-state index in [1.807, 2.05) is 24.3 Å². The molecule has 1 saturated carbocycles. The van der Waals surface area contributed by atoms with E-state index in [4.69, 9.17) is 10.00 Å². The second-order valence-corrected chi connectivity index (χ2v) is 6.60. The van der Waals surface area contributed by atoms with Crippen LogP contribution in [0, 0.1) is 11.3 Å². The Morgan fingerprint density at radius 1 is 1.40 bits per heavy atom. The molecular weight excluding hydrogens is 268 g/mol. The molecule has 20 heavy (non-hydrogen) atoms. The lowest BCUT2D eigenvalue weighted by Crippen LogP contribution is -2.26. The summed E-state index contributed by atoms with van der Waals surface area (Å²) < 4.78 is 5.46. The lowest BCUT2D eigenvalue weighted by Gasteiger charge is -2.15. The van der Waals surface area contributed by atoms with Crippen molar-refractivity contribution >= 4 is 11.8 Å². The van der Waals surface area contributed by atoms with Gasteiger partial charge in [0.15, 0.2) is 6.61 Å². The summed E-state index contributed by atoms with van der Waals surface area (Å²) in [5, 5.41) is 13.1. The number of hydrogen-bond acceptors (Lipinski definition) is 4. The van der Waals surface area contributed by atoms with Gasteiger partial charge in [0.25, 0.3) is 0 Å². The van der Waals surface area contributed by atoms with Gasteiger partial charge in [-0.05, 0) is 31.1 Å². The molecule has 3 nitrogen and oxygen atoms in total. The standard InChI is InChI=1S/C16H22N2OS/c1-2-20-15-8-7-14(11-15)18-12-13-5-3-4-6-16(13)19-10-9-17/h3-6,14-15,18H,2,7-8,10-12H2,1H3. The van der Waals surface area contributed by atoms with Gasteiger partial charge in [0.05, 0.1) is 0 Å². The molecule has 1 fully saturated rings. The van der Waals surface area contributed by atoms with Crippen LogP contribution in [0.4, 0.5) is 0 Å². The highest BCUT2D eigenvalue weighted by Gasteiger charge is 2.24. The fourth-order valence-electron chi connectivity index (χ4n) is 2.67. The first-order valence-electron chi connectivity index (χ1n) is 7.26. The first-order chi connectivity index (χ1) is 9.83. The molecule has 0 heterocycles. The van der Waals surface area contributed by atoms with Crippen LogP contribution in [-0.4, -0.2) is 23.7 Å². The molecule has 108 valence electrons. The number of benzene rings is 1. The van der Waals surface area contributed by atoms with Crippen molar-refractivity contribution in [1.29, 1.82) is 5.26 Å². The van der Waals surface area contributed by atoms with E-state index in [1.165, 1.54) is 25.0 Å². The van der Waals surface area contributed by atoms with E-state index < -0.39 is 0 Å². The van der Waals surface area contributed by atoms with E-state index in [-0.39, 0.29) is 6.61 Å². The number of thioether (sulfide) groups is 1. The van der Waals surface area contributed by atoms with Gasteiger partial charge in [0, 0.05) is 23.4 Å². The van der Waals surface area contributed by atoms with E-state index in [2.05, 4.69) is 30.1 Å². The minimum atomic E-state index is 0.107. The van der Waals surface area contributed by atoms with Gasteiger partial charge in [-0.2, -0.15) is 17.0 Å². The van der Waals surface area contributed by atoms with E-state index in [0.29, 0.717) is 6.04 Å². The van der Waals surface area contributed by atoms with Crippen molar-refractivity contribution in [2.75, 3.05) is 12.4 Å². The predicted octanol–water partition coefficient (Wildman–Crippen LogP) is 3.35. The summed E-state index contributed by atoms with van der Waals surface area (Å²) in [6.07, 6.45) is 3.85. The number of rotatable bonds is 7. The predicted molar refractivity (Wildman–Crippen MR) is 83.9 cm³/mol. The number of hydrogen-bond donors (Lipinski definition) is 1. The average Bonchev–Trinajstić information content (AvgIpc) is 2.92. The molecule has 0 aliphatic heterocycles. The van der Waals surface area contributed by atoms with Crippen LogP contribution in [0.5, 0.6) is 5.75 Å². The Kier molecular flexibility index (Phi) is 6.23. The first kappa shape index (κ1) is 15.2. The van der Waals surface area contributed by atoms with Crippen molar-refractivity contribution in [3.63, 3.8) is 0 Å². The third kappa shape index (κ3) is 4.43. The second-order valence-electron chi connectivity index (χ2n) is 5.02. The number of nitriles is 1. The highest BCUT2D eigenvalue weighted by molar-refractivity contribution is 7.99. The molecule has 0 saturated heterocycles. The van der Waals surface area contributed by atoms with Gasteiger partial charge < -0.3 is 10.1 Å². The summed E-state index contributed by atoms with van der Waals surface area (Å²) in [7, 11) is 0. The maximum absolute atomic E-state index is 8.61. The van der Waals surface area contributed by atoms with Gasteiger partial charge >= 0.3 is 0 Å². The third-order valence-corrected chi connectivity index (χ3v) is 4.87. The van der Waals surface area contributed by atoms with Crippen molar-refractivity contribution in [3.8, 4) is 11.8 Å². The molecular formula is C16H22N2OS. The summed E-state index contributed by atoms with van der Waals surface area (Å²) >= 11 is 2.08. The molecule has 2 atom stereocenters. The Hall–Kier alpha value is -1.18. The molecule has 0 amide bonds. The molecule has 0 radical (unpaired) electrons. The van der Waals surface area contributed by atoms with Crippen LogP contribution < -0.4 is 10.1 Å².